The lowest BCUT2D eigenvalue weighted by molar-refractivity contribution is 0.0646. The normalized spacial score (nSPS) is 19.6. The van der Waals surface area contributed by atoms with Crippen LogP contribution < -0.4 is 4.74 Å². The van der Waals surface area contributed by atoms with Crippen molar-refractivity contribution in [1.82, 2.24) is 4.90 Å². The number of hydrogen-bond donors (Lipinski definition) is 1. The summed E-state index contributed by atoms with van der Waals surface area (Å²) in [5.41, 5.74) is 0.667. The topological polar surface area (TPSA) is 49.8 Å². The Hall–Kier alpha value is -1.55. The highest BCUT2D eigenvalue weighted by molar-refractivity contribution is 5.97. The van der Waals surface area contributed by atoms with Crippen LogP contribution in [-0.2, 0) is 0 Å². The monoisotopic (exact) mass is 289 g/mol. The van der Waals surface area contributed by atoms with Gasteiger partial charge < -0.3 is 14.7 Å². The zero-order chi connectivity index (χ0) is 14.7. The van der Waals surface area contributed by atoms with Crippen molar-refractivity contribution in [2.75, 3.05) is 26.3 Å². The summed E-state index contributed by atoms with van der Waals surface area (Å²) in [6.45, 7) is 2.39. The van der Waals surface area contributed by atoms with Crippen LogP contribution in [0.25, 0.3) is 0 Å². The molecule has 0 unspecified atom stereocenters. The fourth-order valence-electron chi connectivity index (χ4n) is 2.75. The number of nitrogens with zero attached hydrogens (tertiary/aromatic N) is 1. The lowest BCUT2D eigenvalue weighted by atomic mass is 9.97. The van der Waals surface area contributed by atoms with Crippen molar-refractivity contribution in [2.45, 2.75) is 25.7 Å². The average molecular weight is 289 g/mol. The molecule has 1 aliphatic carbocycles. The van der Waals surface area contributed by atoms with Crippen molar-refractivity contribution in [3.05, 3.63) is 29.8 Å². The van der Waals surface area contributed by atoms with E-state index in [9.17, 15) is 9.90 Å². The lowest BCUT2D eigenvalue weighted by Gasteiger charge is -2.31. The van der Waals surface area contributed by atoms with Crippen molar-refractivity contribution < 1.29 is 14.6 Å². The summed E-state index contributed by atoms with van der Waals surface area (Å²) in [4.78, 5) is 14.5. The molecule has 114 valence electrons. The van der Waals surface area contributed by atoms with Crippen LogP contribution in [0.3, 0.4) is 0 Å². The first-order valence-electron chi connectivity index (χ1n) is 7.90. The van der Waals surface area contributed by atoms with E-state index >= 15 is 0 Å². The van der Waals surface area contributed by atoms with E-state index in [1.807, 2.05) is 29.2 Å². The minimum Gasteiger partial charge on any atom is -0.492 e. The zero-order valence-electron chi connectivity index (χ0n) is 12.3. The molecule has 4 heteroatoms. The molecule has 2 fully saturated rings. The number of carbonyl (C=O) groups is 1. The molecule has 1 amide bonds. The maximum atomic E-state index is 12.7. The molecule has 4 nitrogen and oxygen atoms in total. The van der Waals surface area contributed by atoms with Crippen LogP contribution >= 0.6 is 0 Å². The number of rotatable bonds is 5. The van der Waals surface area contributed by atoms with Gasteiger partial charge in [-0.15, -0.1) is 0 Å². The van der Waals surface area contributed by atoms with Gasteiger partial charge in [0.1, 0.15) is 5.75 Å². The Kier molecular flexibility index (Phi) is 4.44. The van der Waals surface area contributed by atoms with Gasteiger partial charge in [-0.1, -0.05) is 12.1 Å². The number of benzene rings is 1. The Balaban J connectivity index is 1.66. The summed E-state index contributed by atoms with van der Waals surface area (Å²) in [5, 5.41) is 9.18. The number of piperidine rings is 1. The van der Waals surface area contributed by atoms with Gasteiger partial charge in [-0.2, -0.15) is 0 Å². The number of aliphatic hydroxyl groups excluding tert-OH is 1. The number of ether oxygens (including phenoxy) is 1. The predicted molar refractivity (Wildman–Crippen MR) is 80.4 cm³/mol. The van der Waals surface area contributed by atoms with E-state index in [1.165, 1.54) is 12.8 Å². The second-order valence-corrected chi connectivity index (χ2v) is 6.17. The maximum Gasteiger partial charge on any atom is 0.257 e. The molecule has 0 spiro atoms. The number of amides is 1. The van der Waals surface area contributed by atoms with E-state index in [2.05, 4.69) is 0 Å². The molecular formula is C17H23NO3. The summed E-state index contributed by atoms with van der Waals surface area (Å²) in [5.74, 6) is 1.78. The molecule has 1 saturated carbocycles. The fraction of sp³-hybridized carbons (Fsp3) is 0.588. The van der Waals surface area contributed by atoms with Crippen LogP contribution in [0, 0.1) is 11.8 Å². The summed E-state index contributed by atoms with van der Waals surface area (Å²) in [6, 6.07) is 7.54. The number of para-hydroxylation sites is 1. The molecule has 0 aromatic heterocycles. The summed E-state index contributed by atoms with van der Waals surface area (Å²) in [7, 11) is 0. The smallest absolute Gasteiger partial charge is 0.257 e. The standard InChI is InChI=1S/C17H23NO3/c19-11-13-7-9-18(10-8-13)17(20)15-3-1-2-4-16(15)21-12-14-5-6-14/h1-4,13-14,19H,5-12H2. The molecule has 1 saturated heterocycles. The van der Waals surface area contributed by atoms with Crippen LogP contribution in [0.4, 0.5) is 0 Å². The van der Waals surface area contributed by atoms with Crippen LogP contribution in [0.1, 0.15) is 36.0 Å². The molecular weight excluding hydrogens is 266 g/mol. The van der Waals surface area contributed by atoms with Crippen molar-refractivity contribution in [2.24, 2.45) is 11.8 Å². The minimum atomic E-state index is 0.0535. The molecule has 1 aromatic carbocycles. The molecule has 0 atom stereocenters. The first-order chi connectivity index (χ1) is 10.3. The average Bonchev–Trinajstić information content (AvgIpc) is 3.37. The van der Waals surface area contributed by atoms with Gasteiger partial charge in [0.15, 0.2) is 0 Å². The number of likely N-dealkylation sites (tertiary alicyclic amines) is 1. The molecule has 21 heavy (non-hydrogen) atoms. The maximum absolute atomic E-state index is 12.7. The summed E-state index contributed by atoms with van der Waals surface area (Å²) < 4.78 is 5.83. The highest BCUT2D eigenvalue weighted by Gasteiger charge is 2.26. The van der Waals surface area contributed by atoms with Gasteiger partial charge in [-0.25, -0.2) is 0 Å². The zero-order valence-corrected chi connectivity index (χ0v) is 12.3. The van der Waals surface area contributed by atoms with Crippen LogP contribution in [0.5, 0.6) is 5.75 Å². The Morgan fingerprint density at radius 2 is 1.86 bits per heavy atom. The third kappa shape index (κ3) is 3.56. The second kappa shape index (κ2) is 6.48. The highest BCUT2D eigenvalue weighted by Crippen LogP contribution is 2.31. The minimum absolute atomic E-state index is 0.0535. The molecule has 1 aliphatic heterocycles. The van der Waals surface area contributed by atoms with E-state index in [-0.39, 0.29) is 12.5 Å². The molecule has 2 aliphatic rings. The van der Waals surface area contributed by atoms with Gasteiger partial charge in [-0.05, 0) is 49.7 Å². The van der Waals surface area contributed by atoms with Crippen LogP contribution in [0.2, 0.25) is 0 Å². The fourth-order valence-corrected chi connectivity index (χ4v) is 2.75. The SMILES string of the molecule is O=C(c1ccccc1OCC1CC1)N1CCC(CO)CC1. The number of hydrogen-bond acceptors (Lipinski definition) is 3. The van der Waals surface area contributed by atoms with E-state index < -0.39 is 0 Å². The third-order valence-electron chi connectivity index (χ3n) is 4.45. The molecule has 0 bridgehead atoms. The first kappa shape index (κ1) is 14.4. The summed E-state index contributed by atoms with van der Waals surface area (Å²) >= 11 is 0. The highest BCUT2D eigenvalue weighted by atomic mass is 16.5. The van der Waals surface area contributed by atoms with Gasteiger partial charge in [-0.3, -0.25) is 4.79 Å². The molecule has 1 aromatic rings. The molecule has 3 rings (SSSR count). The van der Waals surface area contributed by atoms with Gasteiger partial charge in [0.25, 0.3) is 5.91 Å². The Morgan fingerprint density at radius 3 is 2.52 bits per heavy atom. The van der Waals surface area contributed by atoms with E-state index in [0.29, 0.717) is 23.1 Å². The number of aliphatic hydroxyl groups is 1. The van der Waals surface area contributed by atoms with E-state index in [0.717, 1.165) is 32.5 Å². The van der Waals surface area contributed by atoms with Gasteiger partial charge >= 0.3 is 0 Å². The third-order valence-corrected chi connectivity index (χ3v) is 4.45. The van der Waals surface area contributed by atoms with Gasteiger partial charge in [0, 0.05) is 19.7 Å². The first-order valence-corrected chi connectivity index (χ1v) is 7.90. The van der Waals surface area contributed by atoms with Crippen LogP contribution in [-0.4, -0.2) is 42.2 Å². The number of carbonyl (C=O) groups excluding carboxylic acids is 1. The Labute approximate surface area is 125 Å². The molecule has 0 radical (unpaired) electrons. The Bertz CT molecular complexity index is 491. The molecule has 1 N–H and O–H groups in total. The lowest BCUT2D eigenvalue weighted by Crippen LogP contribution is -2.39. The van der Waals surface area contributed by atoms with Crippen molar-refractivity contribution in [1.29, 1.82) is 0 Å². The summed E-state index contributed by atoms with van der Waals surface area (Å²) in [6.07, 6.45) is 4.25. The van der Waals surface area contributed by atoms with Gasteiger partial charge in [0.05, 0.1) is 12.2 Å². The largest absolute Gasteiger partial charge is 0.492 e. The quantitative estimate of drug-likeness (QED) is 0.905. The van der Waals surface area contributed by atoms with Crippen molar-refractivity contribution in [3.63, 3.8) is 0 Å². The molecule has 1 heterocycles. The van der Waals surface area contributed by atoms with Crippen molar-refractivity contribution in [3.8, 4) is 5.75 Å². The van der Waals surface area contributed by atoms with Crippen LogP contribution in [0.15, 0.2) is 24.3 Å². The van der Waals surface area contributed by atoms with Crippen molar-refractivity contribution >= 4 is 5.91 Å². The second-order valence-electron chi connectivity index (χ2n) is 6.17. The Morgan fingerprint density at radius 1 is 1.14 bits per heavy atom. The predicted octanol–water partition coefficient (Wildman–Crippen LogP) is 2.32. The van der Waals surface area contributed by atoms with E-state index in [1.54, 1.807) is 0 Å². The van der Waals surface area contributed by atoms with Gasteiger partial charge in [0.2, 0.25) is 0 Å². The van der Waals surface area contributed by atoms with E-state index in [4.69, 9.17) is 4.74 Å².